The van der Waals surface area contributed by atoms with Gasteiger partial charge in [0.1, 0.15) is 17.5 Å². The van der Waals surface area contributed by atoms with E-state index in [0.717, 1.165) is 22.0 Å². The number of pyridine rings is 1. The number of halogens is 1. The van der Waals surface area contributed by atoms with E-state index in [1.54, 1.807) is 24.1 Å². The van der Waals surface area contributed by atoms with Crippen LogP contribution in [0.3, 0.4) is 0 Å². The number of benzene rings is 1. The summed E-state index contributed by atoms with van der Waals surface area (Å²) >= 11 is 0. The highest BCUT2D eigenvalue weighted by atomic mass is 32.2. The number of aliphatic hydroxyl groups excluding tert-OH is 1. The number of aliphatic hydroxyl groups is 1. The molecule has 3 rings (SSSR count). The van der Waals surface area contributed by atoms with Crippen LogP contribution in [0.5, 0.6) is 5.88 Å². The summed E-state index contributed by atoms with van der Waals surface area (Å²) in [6, 6.07) is 5.84. The molecule has 1 aliphatic rings. The van der Waals surface area contributed by atoms with Crippen molar-refractivity contribution in [1.29, 1.82) is 0 Å². The van der Waals surface area contributed by atoms with E-state index in [1.807, 2.05) is 26.0 Å². The van der Waals surface area contributed by atoms with Gasteiger partial charge in [-0.1, -0.05) is 19.1 Å². The highest BCUT2D eigenvalue weighted by Gasteiger charge is 2.35. The summed E-state index contributed by atoms with van der Waals surface area (Å²) in [6.45, 7) is 5.46. The van der Waals surface area contributed by atoms with Crippen molar-refractivity contribution in [3.05, 3.63) is 59.5 Å². The van der Waals surface area contributed by atoms with Gasteiger partial charge in [-0.15, -0.1) is 0 Å². The number of hydrogen-bond donors (Lipinski definition) is 1. The van der Waals surface area contributed by atoms with Crippen molar-refractivity contribution in [2.24, 2.45) is 5.92 Å². The van der Waals surface area contributed by atoms with Gasteiger partial charge in [0.15, 0.2) is 0 Å². The second-order valence-corrected chi connectivity index (χ2v) is 10.5. The van der Waals surface area contributed by atoms with Gasteiger partial charge in [0.25, 0.3) is 5.91 Å². The van der Waals surface area contributed by atoms with Crippen LogP contribution in [0.4, 0.5) is 4.39 Å². The van der Waals surface area contributed by atoms with E-state index < -0.39 is 28.0 Å². The maximum absolute atomic E-state index is 13.3. The summed E-state index contributed by atoms with van der Waals surface area (Å²) in [5.74, 6) is -1.01. The fraction of sp³-hybridized carbons (Fsp3) is 0.417. The van der Waals surface area contributed by atoms with Gasteiger partial charge in [-0.25, -0.2) is 17.8 Å². The van der Waals surface area contributed by atoms with Crippen LogP contribution in [0.2, 0.25) is 0 Å². The van der Waals surface area contributed by atoms with Crippen LogP contribution in [-0.4, -0.2) is 72.5 Å². The van der Waals surface area contributed by atoms with E-state index in [1.165, 1.54) is 19.2 Å². The van der Waals surface area contributed by atoms with E-state index >= 15 is 0 Å². The number of rotatable bonds is 7. The van der Waals surface area contributed by atoms with Gasteiger partial charge in [-0.05, 0) is 49.7 Å². The molecule has 10 heteroatoms. The lowest BCUT2D eigenvalue weighted by Gasteiger charge is -2.37. The van der Waals surface area contributed by atoms with Crippen LogP contribution >= 0.6 is 0 Å². The number of ether oxygens (including phenoxy) is 1. The standard InChI is InChI=1S/C24H30FN3O5S/c1-5-6-18-11-21-23(26-12-18)33-22(16(2)13-28(24(21)30)17(3)15-29)14-27(4)34(31,32)20-9-7-19(25)8-10-20/h5-12,16-17,22,29H,13-15H2,1-4H3/b6-5+/t16-,17+,22-/m0/s1. The molecule has 0 saturated carbocycles. The molecule has 0 aliphatic carbocycles. The summed E-state index contributed by atoms with van der Waals surface area (Å²) in [5.41, 5.74) is 0.966. The predicted octanol–water partition coefficient (Wildman–Crippen LogP) is 2.79. The lowest BCUT2D eigenvalue weighted by Crippen LogP contribution is -2.50. The molecule has 0 unspecified atom stereocenters. The smallest absolute Gasteiger partial charge is 0.259 e. The number of aromatic nitrogens is 1. The highest BCUT2D eigenvalue weighted by Crippen LogP contribution is 2.28. The number of carbonyl (C=O) groups excluding carboxylic acids is 1. The monoisotopic (exact) mass is 491 g/mol. The van der Waals surface area contributed by atoms with Gasteiger partial charge in [0.2, 0.25) is 15.9 Å². The van der Waals surface area contributed by atoms with Gasteiger partial charge < -0.3 is 14.7 Å². The number of hydrogen-bond acceptors (Lipinski definition) is 6. The van der Waals surface area contributed by atoms with Gasteiger partial charge in [-0.2, -0.15) is 4.31 Å². The number of sulfonamides is 1. The number of amides is 1. The Hall–Kier alpha value is -2.82. The molecule has 2 aromatic rings. The Morgan fingerprint density at radius 3 is 2.65 bits per heavy atom. The van der Waals surface area contributed by atoms with Crippen molar-refractivity contribution in [2.75, 3.05) is 26.7 Å². The zero-order valence-electron chi connectivity index (χ0n) is 19.7. The lowest BCUT2D eigenvalue weighted by molar-refractivity contribution is 0.0373. The van der Waals surface area contributed by atoms with E-state index in [2.05, 4.69) is 4.98 Å². The Morgan fingerprint density at radius 1 is 1.35 bits per heavy atom. The molecule has 34 heavy (non-hydrogen) atoms. The molecule has 0 spiro atoms. The molecule has 3 atom stereocenters. The van der Waals surface area contributed by atoms with Crippen molar-refractivity contribution in [3.63, 3.8) is 0 Å². The molecular weight excluding hydrogens is 461 g/mol. The van der Waals surface area contributed by atoms with Gasteiger partial charge >= 0.3 is 0 Å². The van der Waals surface area contributed by atoms with Crippen LogP contribution in [0, 0.1) is 11.7 Å². The number of nitrogens with zero attached hydrogens (tertiary/aromatic N) is 3. The first-order chi connectivity index (χ1) is 16.1. The van der Waals surface area contributed by atoms with Crippen molar-refractivity contribution in [2.45, 2.75) is 37.8 Å². The molecule has 0 fully saturated rings. The minimum absolute atomic E-state index is 0.0197. The summed E-state index contributed by atoms with van der Waals surface area (Å²) in [6.07, 6.45) is 4.57. The van der Waals surface area contributed by atoms with Crippen LogP contribution < -0.4 is 4.74 Å². The molecule has 0 radical (unpaired) electrons. The Kier molecular flexibility index (Phi) is 8.06. The first-order valence-electron chi connectivity index (χ1n) is 11.0. The lowest BCUT2D eigenvalue weighted by atomic mass is 10.00. The summed E-state index contributed by atoms with van der Waals surface area (Å²) in [5, 5.41) is 9.74. The normalized spacial score (nSPS) is 20.1. The molecule has 0 bridgehead atoms. The number of allylic oxidation sites excluding steroid dienone is 1. The van der Waals surface area contributed by atoms with Crippen LogP contribution in [0.25, 0.3) is 6.08 Å². The predicted molar refractivity (Wildman–Crippen MR) is 126 cm³/mol. The number of likely N-dealkylation sites (N-methyl/N-ethyl adjacent to an activating group) is 1. The highest BCUT2D eigenvalue weighted by molar-refractivity contribution is 7.89. The van der Waals surface area contributed by atoms with Crippen LogP contribution in [0.1, 0.15) is 36.7 Å². The Labute approximate surface area is 199 Å². The summed E-state index contributed by atoms with van der Waals surface area (Å²) in [7, 11) is -2.47. The largest absolute Gasteiger partial charge is 0.472 e. The quantitative estimate of drug-likeness (QED) is 0.639. The van der Waals surface area contributed by atoms with Crippen LogP contribution in [0.15, 0.2) is 47.5 Å². The fourth-order valence-electron chi connectivity index (χ4n) is 3.76. The average molecular weight is 492 g/mol. The van der Waals surface area contributed by atoms with E-state index in [0.29, 0.717) is 0 Å². The van der Waals surface area contributed by atoms with E-state index in [4.69, 9.17) is 4.74 Å². The average Bonchev–Trinajstić information content (AvgIpc) is 2.81. The molecule has 1 aliphatic heterocycles. The van der Waals surface area contributed by atoms with Crippen molar-refractivity contribution >= 4 is 22.0 Å². The number of carbonyl (C=O) groups is 1. The van der Waals surface area contributed by atoms with E-state index in [-0.39, 0.29) is 47.9 Å². The minimum Gasteiger partial charge on any atom is -0.472 e. The number of fused-ring (bicyclic) bond motifs is 1. The molecule has 8 nitrogen and oxygen atoms in total. The Balaban J connectivity index is 1.97. The zero-order chi connectivity index (χ0) is 25.0. The SMILES string of the molecule is C/C=C/c1cnc2c(c1)C(=O)N([C@H](C)CO)C[C@H](C)[C@H](CN(C)S(=O)(=O)c1ccc(F)cc1)O2. The zero-order valence-corrected chi connectivity index (χ0v) is 20.5. The Morgan fingerprint density at radius 2 is 2.03 bits per heavy atom. The van der Waals surface area contributed by atoms with Crippen LogP contribution in [-0.2, 0) is 10.0 Å². The molecule has 2 heterocycles. The topological polar surface area (TPSA) is 100 Å². The molecule has 1 amide bonds. The molecule has 1 aromatic carbocycles. The Bertz CT molecular complexity index is 1150. The second-order valence-electron chi connectivity index (χ2n) is 8.48. The third-order valence-corrected chi connectivity index (χ3v) is 7.70. The third-order valence-electron chi connectivity index (χ3n) is 5.86. The molecule has 0 saturated heterocycles. The maximum atomic E-state index is 13.3. The molecule has 1 N–H and O–H groups in total. The van der Waals surface area contributed by atoms with Gasteiger partial charge in [-0.3, -0.25) is 4.79 Å². The van der Waals surface area contributed by atoms with Gasteiger partial charge in [0, 0.05) is 25.7 Å². The van der Waals surface area contributed by atoms with Gasteiger partial charge in [0.05, 0.1) is 24.1 Å². The first kappa shape index (κ1) is 25.8. The van der Waals surface area contributed by atoms with Crippen molar-refractivity contribution in [1.82, 2.24) is 14.2 Å². The fourth-order valence-corrected chi connectivity index (χ4v) is 4.94. The molecule has 1 aromatic heterocycles. The summed E-state index contributed by atoms with van der Waals surface area (Å²) < 4.78 is 46.6. The molecular formula is C24H30FN3O5S. The van der Waals surface area contributed by atoms with E-state index in [9.17, 15) is 22.7 Å². The summed E-state index contributed by atoms with van der Waals surface area (Å²) in [4.78, 5) is 19.2. The third kappa shape index (κ3) is 5.45. The minimum atomic E-state index is -3.90. The second kappa shape index (κ2) is 10.6. The maximum Gasteiger partial charge on any atom is 0.259 e. The first-order valence-corrected chi connectivity index (χ1v) is 12.5. The molecule has 184 valence electrons. The van der Waals surface area contributed by atoms with Crippen molar-refractivity contribution in [3.8, 4) is 5.88 Å². The van der Waals surface area contributed by atoms with Crippen molar-refractivity contribution < 1.29 is 27.4 Å².